The molecule has 0 saturated carbocycles. The Balaban J connectivity index is 1.92. The Hall–Kier alpha value is -2.34. The normalized spacial score (nSPS) is 13.2. The van der Waals surface area contributed by atoms with Crippen LogP contribution in [0.4, 0.5) is 0 Å². The standard InChI is InChI=1S/C22H35N5O/c1-7-17(8-2)20-13-19(28-26-20)14-24-22(23-4)25-15-21(27(5)6)18-11-9-16(3)10-12-18/h9-13,17,21H,7-8,14-15H2,1-6H3,(H2,23,24,25). The van der Waals surface area contributed by atoms with E-state index < -0.39 is 0 Å². The lowest BCUT2D eigenvalue weighted by Gasteiger charge is -2.26. The van der Waals surface area contributed by atoms with E-state index in [1.165, 1.54) is 11.1 Å². The van der Waals surface area contributed by atoms with E-state index in [2.05, 4.69) is 84.8 Å². The zero-order chi connectivity index (χ0) is 20.5. The molecular weight excluding hydrogens is 350 g/mol. The smallest absolute Gasteiger partial charge is 0.191 e. The molecule has 6 heteroatoms. The number of aromatic nitrogens is 1. The molecule has 1 aromatic heterocycles. The highest BCUT2D eigenvalue weighted by Gasteiger charge is 2.16. The van der Waals surface area contributed by atoms with Crippen LogP contribution in [0.5, 0.6) is 0 Å². The Morgan fingerprint density at radius 2 is 1.82 bits per heavy atom. The summed E-state index contributed by atoms with van der Waals surface area (Å²) in [6, 6.07) is 11.0. The van der Waals surface area contributed by atoms with Crippen LogP contribution in [0.25, 0.3) is 0 Å². The van der Waals surface area contributed by atoms with Crippen LogP contribution in [0, 0.1) is 6.92 Å². The van der Waals surface area contributed by atoms with E-state index in [1.807, 2.05) is 6.07 Å². The third kappa shape index (κ3) is 6.09. The second-order valence-corrected chi connectivity index (χ2v) is 7.43. The highest BCUT2D eigenvalue weighted by Crippen LogP contribution is 2.22. The molecule has 2 rings (SSSR count). The highest BCUT2D eigenvalue weighted by atomic mass is 16.5. The summed E-state index contributed by atoms with van der Waals surface area (Å²) in [5.74, 6) is 2.04. The van der Waals surface area contributed by atoms with Gasteiger partial charge < -0.3 is 20.1 Å². The first-order valence-electron chi connectivity index (χ1n) is 10.1. The van der Waals surface area contributed by atoms with Crippen molar-refractivity contribution in [2.24, 2.45) is 4.99 Å². The first kappa shape index (κ1) is 22.0. The molecule has 0 amide bonds. The van der Waals surface area contributed by atoms with Crippen molar-refractivity contribution in [3.8, 4) is 0 Å². The lowest BCUT2D eigenvalue weighted by Crippen LogP contribution is -2.41. The largest absolute Gasteiger partial charge is 0.359 e. The van der Waals surface area contributed by atoms with Gasteiger partial charge in [-0.25, -0.2) is 0 Å². The molecule has 0 spiro atoms. The quantitative estimate of drug-likeness (QED) is 0.507. The number of guanidine groups is 1. The summed E-state index contributed by atoms with van der Waals surface area (Å²) in [5, 5.41) is 11.0. The Morgan fingerprint density at radius 3 is 2.39 bits per heavy atom. The van der Waals surface area contributed by atoms with Crippen molar-refractivity contribution in [1.29, 1.82) is 0 Å². The Bertz CT molecular complexity index is 732. The van der Waals surface area contributed by atoms with Crippen molar-refractivity contribution in [3.05, 3.63) is 52.9 Å². The fourth-order valence-corrected chi connectivity index (χ4v) is 3.28. The first-order valence-corrected chi connectivity index (χ1v) is 10.1. The van der Waals surface area contributed by atoms with Crippen LogP contribution in [-0.2, 0) is 6.54 Å². The minimum atomic E-state index is 0.255. The van der Waals surface area contributed by atoms with E-state index in [9.17, 15) is 0 Å². The molecule has 2 aromatic rings. The number of benzene rings is 1. The van der Waals surface area contributed by atoms with E-state index in [1.54, 1.807) is 7.05 Å². The molecule has 1 heterocycles. The molecule has 1 atom stereocenters. The van der Waals surface area contributed by atoms with Crippen LogP contribution in [0.2, 0.25) is 0 Å². The van der Waals surface area contributed by atoms with Crippen molar-refractivity contribution >= 4 is 5.96 Å². The lowest BCUT2D eigenvalue weighted by atomic mass is 9.99. The van der Waals surface area contributed by atoms with E-state index in [0.29, 0.717) is 12.5 Å². The molecule has 0 aliphatic heterocycles. The van der Waals surface area contributed by atoms with Gasteiger partial charge in [0.2, 0.25) is 0 Å². The van der Waals surface area contributed by atoms with Crippen molar-refractivity contribution < 1.29 is 4.52 Å². The summed E-state index contributed by atoms with van der Waals surface area (Å²) in [7, 11) is 5.97. The number of nitrogens with zero attached hydrogens (tertiary/aromatic N) is 3. The van der Waals surface area contributed by atoms with Gasteiger partial charge in [-0.15, -0.1) is 0 Å². The molecule has 0 aliphatic carbocycles. The average molecular weight is 386 g/mol. The molecular formula is C22H35N5O. The van der Waals surface area contributed by atoms with Crippen LogP contribution in [0.15, 0.2) is 39.8 Å². The van der Waals surface area contributed by atoms with Crippen LogP contribution in [-0.4, -0.2) is 43.7 Å². The molecule has 6 nitrogen and oxygen atoms in total. The minimum Gasteiger partial charge on any atom is -0.359 e. The molecule has 2 N–H and O–H groups in total. The molecule has 1 unspecified atom stereocenters. The summed E-state index contributed by atoms with van der Waals surface area (Å²) in [6.07, 6.45) is 2.15. The van der Waals surface area contributed by atoms with Gasteiger partial charge in [-0.3, -0.25) is 4.99 Å². The number of aryl methyl sites for hydroxylation is 1. The van der Waals surface area contributed by atoms with E-state index in [4.69, 9.17) is 4.52 Å². The van der Waals surface area contributed by atoms with Gasteiger partial charge in [0, 0.05) is 25.6 Å². The molecule has 0 saturated heterocycles. The second-order valence-electron chi connectivity index (χ2n) is 7.43. The maximum Gasteiger partial charge on any atom is 0.191 e. The van der Waals surface area contributed by atoms with Gasteiger partial charge in [-0.2, -0.15) is 0 Å². The van der Waals surface area contributed by atoms with Crippen LogP contribution in [0.1, 0.15) is 61.2 Å². The number of rotatable bonds is 9. The Morgan fingerprint density at radius 1 is 1.14 bits per heavy atom. The van der Waals surface area contributed by atoms with Crippen molar-refractivity contribution in [1.82, 2.24) is 20.7 Å². The van der Waals surface area contributed by atoms with Gasteiger partial charge in [0.25, 0.3) is 0 Å². The zero-order valence-corrected chi connectivity index (χ0v) is 18.1. The van der Waals surface area contributed by atoms with Crippen molar-refractivity contribution in [2.45, 2.75) is 52.1 Å². The summed E-state index contributed by atoms with van der Waals surface area (Å²) in [5.41, 5.74) is 3.59. The fraction of sp³-hybridized carbons (Fsp3) is 0.545. The average Bonchev–Trinajstić information content (AvgIpc) is 3.15. The van der Waals surface area contributed by atoms with Gasteiger partial charge in [0.15, 0.2) is 11.7 Å². The van der Waals surface area contributed by atoms with Crippen molar-refractivity contribution in [2.75, 3.05) is 27.7 Å². The van der Waals surface area contributed by atoms with Gasteiger partial charge in [-0.05, 0) is 39.4 Å². The predicted octanol–water partition coefficient (Wildman–Crippen LogP) is 3.85. The van der Waals surface area contributed by atoms with Crippen LogP contribution in [0.3, 0.4) is 0 Å². The molecule has 0 fully saturated rings. The SMILES string of the molecule is CCC(CC)c1cc(CNC(=NC)NCC(c2ccc(C)cc2)N(C)C)on1. The van der Waals surface area contributed by atoms with Crippen molar-refractivity contribution in [3.63, 3.8) is 0 Å². The second kappa shape index (κ2) is 10.9. The Kier molecular flexibility index (Phi) is 8.51. The number of hydrogen-bond donors (Lipinski definition) is 2. The van der Waals surface area contributed by atoms with Gasteiger partial charge in [-0.1, -0.05) is 48.8 Å². The third-order valence-electron chi connectivity index (χ3n) is 5.18. The maximum absolute atomic E-state index is 5.49. The zero-order valence-electron chi connectivity index (χ0n) is 18.1. The highest BCUT2D eigenvalue weighted by molar-refractivity contribution is 5.79. The summed E-state index contributed by atoms with van der Waals surface area (Å²) >= 11 is 0. The Labute approximate surface area is 169 Å². The monoisotopic (exact) mass is 385 g/mol. The van der Waals surface area contributed by atoms with Gasteiger partial charge >= 0.3 is 0 Å². The molecule has 0 radical (unpaired) electrons. The third-order valence-corrected chi connectivity index (χ3v) is 5.18. The fourth-order valence-electron chi connectivity index (χ4n) is 3.28. The first-order chi connectivity index (χ1) is 13.5. The summed E-state index contributed by atoms with van der Waals surface area (Å²) in [6.45, 7) is 7.79. The number of likely N-dealkylation sites (N-methyl/N-ethyl adjacent to an activating group) is 1. The number of aliphatic imine (C=N–C) groups is 1. The topological polar surface area (TPSA) is 65.7 Å². The maximum atomic E-state index is 5.49. The molecule has 0 bridgehead atoms. The summed E-state index contributed by atoms with van der Waals surface area (Å²) in [4.78, 5) is 6.54. The molecule has 154 valence electrons. The molecule has 0 aliphatic rings. The van der Waals surface area contributed by atoms with Gasteiger partial charge in [0.1, 0.15) is 0 Å². The van der Waals surface area contributed by atoms with E-state index >= 15 is 0 Å². The predicted molar refractivity (Wildman–Crippen MR) is 116 cm³/mol. The van der Waals surface area contributed by atoms with Crippen LogP contribution < -0.4 is 10.6 Å². The number of hydrogen-bond acceptors (Lipinski definition) is 4. The summed E-state index contributed by atoms with van der Waals surface area (Å²) < 4.78 is 5.49. The van der Waals surface area contributed by atoms with Gasteiger partial charge in [0.05, 0.1) is 18.3 Å². The number of nitrogens with one attached hydrogen (secondary N) is 2. The van der Waals surface area contributed by atoms with E-state index in [-0.39, 0.29) is 6.04 Å². The molecule has 28 heavy (non-hydrogen) atoms. The van der Waals surface area contributed by atoms with Crippen LogP contribution >= 0.6 is 0 Å². The van der Waals surface area contributed by atoms with E-state index in [0.717, 1.165) is 36.8 Å². The minimum absolute atomic E-state index is 0.255. The lowest BCUT2D eigenvalue weighted by molar-refractivity contribution is 0.298. The molecule has 1 aromatic carbocycles.